The Labute approximate surface area is 132 Å². The summed E-state index contributed by atoms with van der Waals surface area (Å²) in [6.45, 7) is 5.32. The van der Waals surface area contributed by atoms with Crippen LogP contribution >= 0.6 is 27.7 Å². The average molecular weight is 352 g/mol. The molecule has 0 aromatic carbocycles. The zero-order valence-electron chi connectivity index (χ0n) is 11.6. The van der Waals surface area contributed by atoms with Gasteiger partial charge in [-0.3, -0.25) is 4.98 Å². The lowest BCUT2D eigenvalue weighted by Crippen LogP contribution is -2.20. The van der Waals surface area contributed by atoms with Crippen molar-refractivity contribution in [2.24, 2.45) is 0 Å². The number of hydrogen-bond donors (Lipinski definition) is 1. The monoisotopic (exact) mass is 351 g/mol. The van der Waals surface area contributed by atoms with E-state index in [2.05, 4.69) is 57.2 Å². The van der Waals surface area contributed by atoms with Crippen LogP contribution in [0, 0.1) is 0 Å². The summed E-state index contributed by atoms with van der Waals surface area (Å²) in [7, 11) is 0. The Hall–Kier alpha value is -0.910. The third-order valence-electron chi connectivity index (χ3n) is 2.83. The Morgan fingerprint density at radius 3 is 2.65 bits per heavy atom. The Morgan fingerprint density at radius 1 is 1.20 bits per heavy atom. The van der Waals surface area contributed by atoms with Gasteiger partial charge in [0, 0.05) is 27.8 Å². The van der Waals surface area contributed by atoms with Crippen LogP contribution in [-0.4, -0.2) is 16.5 Å². The van der Waals surface area contributed by atoms with Gasteiger partial charge in [0.05, 0.1) is 5.69 Å². The maximum atomic E-state index is 4.52. The molecule has 1 N–H and O–H groups in total. The molecule has 1 atom stereocenters. The van der Waals surface area contributed by atoms with Crippen molar-refractivity contribution in [2.75, 3.05) is 6.54 Å². The van der Waals surface area contributed by atoms with Crippen molar-refractivity contribution in [3.63, 3.8) is 0 Å². The van der Waals surface area contributed by atoms with Crippen LogP contribution in [0.15, 0.2) is 51.1 Å². The van der Waals surface area contributed by atoms with E-state index in [1.54, 1.807) is 18.0 Å². The van der Waals surface area contributed by atoms with Gasteiger partial charge >= 0.3 is 0 Å². The first-order valence-electron chi connectivity index (χ1n) is 6.67. The second kappa shape index (κ2) is 7.76. The van der Waals surface area contributed by atoms with Crippen LogP contribution in [0.2, 0.25) is 0 Å². The van der Waals surface area contributed by atoms with Gasteiger partial charge in [0.15, 0.2) is 0 Å². The molecule has 0 radical (unpaired) electrons. The van der Waals surface area contributed by atoms with Crippen LogP contribution < -0.4 is 5.32 Å². The lowest BCUT2D eigenvalue weighted by molar-refractivity contribution is 0.558. The zero-order valence-corrected chi connectivity index (χ0v) is 14.0. The van der Waals surface area contributed by atoms with Crippen molar-refractivity contribution >= 4 is 27.7 Å². The van der Waals surface area contributed by atoms with E-state index in [4.69, 9.17) is 0 Å². The molecule has 0 aliphatic rings. The van der Waals surface area contributed by atoms with E-state index in [-0.39, 0.29) is 0 Å². The van der Waals surface area contributed by atoms with E-state index < -0.39 is 0 Å². The van der Waals surface area contributed by atoms with Gasteiger partial charge in [-0.05, 0) is 60.1 Å². The highest BCUT2D eigenvalue weighted by Gasteiger charge is 2.06. The number of halogens is 1. The van der Waals surface area contributed by atoms with Crippen molar-refractivity contribution in [3.05, 3.63) is 46.8 Å². The molecule has 0 aliphatic carbocycles. The summed E-state index contributed by atoms with van der Waals surface area (Å²) in [5.74, 6) is 0. The molecule has 0 spiro atoms. The number of pyridine rings is 2. The van der Waals surface area contributed by atoms with Gasteiger partial charge in [0.25, 0.3) is 0 Å². The molecule has 20 heavy (non-hydrogen) atoms. The van der Waals surface area contributed by atoms with Crippen molar-refractivity contribution < 1.29 is 0 Å². The molecule has 2 rings (SSSR count). The van der Waals surface area contributed by atoms with Crippen LogP contribution in [0.3, 0.4) is 0 Å². The summed E-state index contributed by atoms with van der Waals surface area (Å²) < 4.78 is 0.992. The summed E-state index contributed by atoms with van der Waals surface area (Å²) in [5.41, 5.74) is 1.08. The predicted octanol–water partition coefficient (Wildman–Crippen LogP) is 4.45. The second-order valence-corrected chi connectivity index (χ2v) is 6.52. The summed E-state index contributed by atoms with van der Waals surface area (Å²) in [6, 6.07) is 8.46. The SMILES string of the molecule is CCCNC(C)c1ccc(Sc2ccc(Br)cn2)cn1. The fourth-order valence-corrected chi connectivity index (χ4v) is 2.68. The first-order valence-corrected chi connectivity index (χ1v) is 8.28. The molecule has 0 amide bonds. The third kappa shape index (κ3) is 4.58. The minimum atomic E-state index is 0.291. The summed E-state index contributed by atoms with van der Waals surface area (Å²) in [4.78, 5) is 9.98. The molecule has 0 saturated carbocycles. The highest BCUT2D eigenvalue weighted by atomic mass is 79.9. The molecule has 0 aliphatic heterocycles. The molecule has 0 fully saturated rings. The van der Waals surface area contributed by atoms with Crippen molar-refractivity contribution in [3.8, 4) is 0 Å². The van der Waals surface area contributed by atoms with Crippen molar-refractivity contribution in [2.45, 2.75) is 36.2 Å². The molecule has 5 heteroatoms. The second-order valence-electron chi connectivity index (χ2n) is 4.51. The highest BCUT2D eigenvalue weighted by Crippen LogP contribution is 2.26. The molecule has 106 valence electrons. The molecule has 2 heterocycles. The zero-order chi connectivity index (χ0) is 14.4. The molecular weight excluding hydrogens is 334 g/mol. The van der Waals surface area contributed by atoms with E-state index in [0.717, 1.165) is 33.1 Å². The predicted molar refractivity (Wildman–Crippen MR) is 87.0 cm³/mol. The number of aromatic nitrogens is 2. The first kappa shape index (κ1) is 15.5. The average Bonchev–Trinajstić information content (AvgIpc) is 2.48. The Kier molecular flexibility index (Phi) is 6.01. The van der Waals surface area contributed by atoms with E-state index in [0.29, 0.717) is 6.04 Å². The molecule has 2 aromatic rings. The number of nitrogens with one attached hydrogen (secondary N) is 1. The van der Waals surface area contributed by atoms with Crippen LogP contribution in [0.25, 0.3) is 0 Å². The van der Waals surface area contributed by atoms with E-state index in [9.17, 15) is 0 Å². The van der Waals surface area contributed by atoms with Gasteiger partial charge in [-0.15, -0.1) is 0 Å². The Balaban J connectivity index is 1.99. The van der Waals surface area contributed by atoms with Crippen LogP contribution in [-0.2, 0) is 0 Å². The lowest BCUT2D eigenvalue weighted by atomic mass is 10.2. The first-order chi connectivity index (χ1) is 9.69. The highest BCUT2D eigenvalue weighted by molar-refractivity contribution is 9.10. The standard InChI is InChI=1S/C15H18BrN3S/c1-3-8-17-11(2)14-6-5-13(10-18-14)20-15-7-4-12(16)9-19-15/h4-7,9-11,17H,3,8H2,1-2H3. The Morgan fingerprint density at radius 2 is 2.05 bits per heavy atom. The van der Waals surface area contributed by atoms with E-state index >= 15 is 0 Å². The fourth-order valence-electron chi connectivity index (χ4n) is 1.72. The van der Waals surface area contributed by atoms with Crippen molar-refractivity contribution in [1.82, 2.24) is 15.3 Å². The van der Waals surface area contributed by atoms with Gasteiger partial charge in [0.1, 0.15) is 5.03 Å². The van der Waals surface area contributed by atoms with Gasteiger partial charge in [0.2, 0.25) is 0 Å². The summed E-state index contributed by atoms with van der Waals surface area (Å²) >= 11 is 5.01. The molecule has 0 bridgehead atoms. The smallest absolute Gasteiger partial charge is 0.101 e. The molecule has 0 saturated heterocycles. The number of rotatable bonds is 6. The molecule has 3 nitrogen and oxygen atoms in total. The van der Waals surface area contributed by atoms with Crippen LogP contribution in [0.1, 0.15) is 32.0 Å². The minimum Gasteiger partial charge on any atom is -0.309 e. The fraction of sp³-hybridized carbons (Fsp3) is 0.333. The number of hydrogen-bond acceptors (Lipinski definition) is 4. The summed E-state index contributed by atoms with van der Waals surface area (Å²) in [6.07, 6.45) is 4.85. The van der Waals surface area contributed by atoms with Crippen LogP contribution in [0.4, 0.5) is 0 Å². The maximum absolute atomic E-state index is 4.52. The maximum Gasteiger partial charge on any atom is 0.101 e. The van der Waals surface area contributed by atoms with Gasteiger partial charge in [-0.1, -0.05) is 18.7 Å². The normalized spacial score (nSPS) is 12.3. The summed E-state index contributed by atoms with van der Waals surface area (Å²) in [5, 5.41) is 4.41. The van der Waals surface area contributed by atoms with Gasteiger partial charge in [-0.25, -0.2) is 4.98 Å². The number of nitrogens with zero attached hydrogens (tertiary/aromatic N) is 2. The van der Waals surface area contributed by atoms with E-state index in [1.165, 1.54) is 0 Å². The third-order valence-corrected chi connectivity index (χ3v) is 4.22. The van der Waals surface area contributed by atoms with E-state index in [1.807, 2.05) is 18.3 Å². The van der Waals surface area contributed by atoms with Crippen LogP contribution in [0.5, 0.6) is 0 Å². The van der Waals surface area contributed by atoms with Gasteiger partial charge in [-0.2, -0.15) is 0 Å². The largest absolute Gasteiger partial charge is 0.309 e. The van der Waals surface area contributed by atoms with Gasteiger partial charge < -0.3 is 5.32 Å². The molecular formula is C15H18BrN3S. The quantitative estimate of drug-likeness (QED) is 0.834. The van der Waals surface area contributed by atoms with Crippen molar-refractivity contribution in [1.29, 1.82) is 0 Å². The topological polar surface area (TPSA) is 37.8 Å². The minimum absolute atomic E-state index is 0.291. The molecule has 1 unspecified atom stereocenters. The lowest BCUT2D eigenvalue weighted by Gasteiger charge is -2.12. The Bertz CT molecular complexity index is 528. The molecule has 2 aromatic heterocycles.